The molecule has 0 aliphatic heterocycles. The van der Waals surface area contributed by atoms with Gasteiger partial charge in [0.1, 0.15) is 0 Å². The van der Waals surface area contributed by atoms with Crippen LogP contribution in [0.3, 0.4) is 0 Å². The lowest BCUT2D eigenvalue weighted by molar-refractivity contribution is 0.615. The van der Waals surface area contributed by atoms with E-state index in [0.717, 1.165) is 17.8 Å². The number of nitrogens with two attached hydrogens (primary N) is 1. The van der Waals surface area contributed by atoms with E-state index in [2.05, 4.69) is 43.2 Å². The van der Waals surface area contributed by atoms with Gasteiger partial charge in [0, 0.05) is 7.05 Å². The molecule has 18 heavy (non-hydrogen) atoms. The lowest BCUT2D eigenvalue weighted by Crippen LogP contribution is -2.17. The second-order valence-electron chi connectivity index (χ2n) is 5.06. The Morgan fingerprint density at radius 2 is 1.89 bits per heavy atom. The fourth-order valence-electron chi connectivity index (χ4n) is 2.27. The molecule has 3 nitrogen and oxygen atoms in total. The summed E-state index contributed by atoms with van der Waals surface area (Å²) in [5.74, 6) is 0. The zero-order valence-electron chi connectivity index (χ0n) is 11.6. The molecule has 96 valence electrons. The minimum atomic E-state index is -0.00157. The highest BCUT2D eigenvalue weighted by molar-refractivity contribution is 5.31. The smallest absolute Gasteiger partial charge is 0.0597 e. The van der Waals surface area contributed by atoms with Crippen LogP contribution in [0.4, 0.5) is 0 Å². The Morgan fingerprint density at radius 1 is 1.17 bits per heavy atom. The molecule has 3 heteroatoms. The molecule has 0 saturated carbocycles. The Bertz CT molecular complexity index is 555. The summed E-state index contributed by atoms with van der Waals surface area (Å²) in [7, 11) is 1.95. The maximum atomic E-state index is 6.27. The number of nitrogens with zero attached hydrogens (tertiary/aromatic N) is 2. The van der Waals surface area contributed by atoms with Crippen molar-refractivity contribution in [2.45, 2.75) is 33.2 Å². The molecule has 2 aromatic rings. The summed E-state index contributed by atoms with van der Waals surface area (Å²) in [6.07, 6.45) is 0.847. The number of benzene rings is 1. The van der Waals surface area contributed by atoms with Crippen molar-refractivity contribution in [2.24, 2.45) is 12.8 Å². The van der Waals surface area contributed by atoms with Crippen molar-refractivity contribution in [3.63, 3.8) is 0 Å². The maximum Gasteiger partial charge on any atom is 0.0597 e. The van der Waals surface area contributed by atoms with Gasteiger partial charge in [-0.05, 0) is 49.9 Å². The quantitative estimate of drug-likeness (QED) is 0.900. The molecule has 0 amide bonds. The van der Waals surface area contributed by atoms with Gasteiger partial charge in [0.2, 0.25) is 0 Å². The third kappa shape index (κ3) is 2.62. The normalized spacial score (nSPS) is 12.7. The van der Waals surface area contributed by atoms with Crippen molar-refractivity contribution in [1.29, 1.82) is 0 Å². The highest BCUT2D eigenvalue weighted by atomic mass is 15.3. The van der Waals surface area contributed by atoms with Gasteiger partial charge in [-0.2, -0.15) is 5.10 Å². The summed E-state index contributed by atoms with van der Waals surface area (Å²) in [4.78, 5) is 0. The predicted octanol–water partition coefficient (Wildman–Crippen LogP) is 2.59. The Labute approximate surface area is 109 Å². The van der Waals surface area contributed by atoms with Gasteiger partial charge in [-0.25, -0.2) is 0 Å². The molecule has 1 unspecified atom stereocenters. The van der Waals surface area contributed by atoms with E-state index in [1.165, 1.54) is 16.7 Å². The molecule has 1 heterocycles. The molecule has 2 rings (SSSR count). The second-order valence-corrected chi connectivity index (χ2v) is 5.06. The number of aromatic nitrogens is 2. The molecule has 0 fully saturated rings. The molecule has 0 bridgehead atoms. The third-order valence-corrected chi connectivity index (χ3v) is 3.45. The average molecular weight is 243 g/mol. The first-order valence-electron chi connectivity index (χ1n) is 6.29. The van der Waals surface area contributed by atoms with Gasteiger partial charge in [0.25, 0.3) is 0 Å². The van der Waals surface area contributed by atoms with E-state index >= 15 is 0 Å². The molecular weight excluding hydrogens is 222 g/mol. The first-order valence-corrected chi connectivity index (χ1v) is 6.29. The fraction of sp³-hybridized carbons (Fsp3) is 0.400. The highest BCUT2D eigenvalue weighted by Crippen LogP contribution is 2.18. The van der Waals surface area contributed by atoms with Crippen LogP contribution in [0.15, 0.2) is 24.3 Å². The summed E-state index contributed by atoms with van der Waals surface area (Å²) >= 11 is 0. The zero-order valence-corrected chi connectivity index (χ0v) is 11.6. The SMILES string of the molecule is Cc1cc(C(N)Cc2ccc(C)c(C)c2)n(C)n1. The molecule has 1 atom stereocenters. The largest absolute Gasteiger partial charge is 0.322 e. The maximum absolute atomic E-state index is 6.27. The van der Waals surface area contributed by atoms with Crippen LogP contribution >= 0.6 is 0 Å². The van der Waals surface area contributed by atoms with Crippen LogP contribution in [0, 0.1) is 20.8 Å². The van der Waals surface area contributed by atoms with E-state index in [4.69, 9.17) is 5.73 Å². The van der Waals surface area contributed by atoms with Crippen molar-refractivity contribution in [1.82, 2.24) is 9.78 Å². The van der Waals surface area contributed by atoms with Crippen molar-refractivity contribution in [3.05, 3.63) is 52.3 Å². The standard InChI is InChI=1S/C15H21N3/c1-10-5-6-13(7-11(10)2)9-14(16)15-8-12(3)17-18(15)4/h5-8,14H,9,16H2,1-4H3. The van der Waals surface area contributed by atoms with Crippen LogP contribution in [0.5, 0.6) is 0 Å². The average Bonchev–Trinajstić information content (AvgIpc) is 2.63. The molecule has 0 aliphatic rings. The van der Waals surface area contributed by atoms with Crippen LogP contribution in [0.25, 0.3) is 0 Å². The van der Waals surface area contributed by atoms with Gasteiger partial charge in [0.05, 0.1) is 17.4 Å². The zero-order chi connectivity index (χ0) is 13.3. The molecule has 0 spiro atoms. The topological polar surface area (TPSA) is 43.8 Å². The van der Waals surface area contributed by atoms with Crippen molar-refractivity contribution < 1.29 is 0 Å². The Kier molecular flexibility index (Phi) is 3.53. The van der Waals surface area contributed by atoms with E-state index in [0.29, 0.717) is 0 Å². The third-order valence-electron chi connectivity index (χ3n) is 3.45. The lowest BCUT2D eigenvalue weighted by atomic mass is 10.00. The summed E-state index contributed by atoms with van der Waals surface area (Å²) in [5, 5.41) is 4.34. The monoisotopic (exact) mass is 243 g/mol. The first kappa shape index (κ1) is 12.8. The van der Waals surface area contributed by atoms with E-state index in [-0.39, 0.29) is 6.04 Å². The molecular formula is C15H21N3. The molecule has 1 aromatic carbocycles. The van der Waals surface area contributed by atoms with Crippen LogP contribution < -0.4 is 5.73 Å². The fourth-order valence-corrected chi connectivity index (χ4v) is 2.27. The Hall–Kier alpha value is -1.61. The van der Waals surface area contributed by atoms with E-state index in [1.807, 2.05) is 18.7 Å². The predicted molar refractivity (Wildman–Crippen MR) is 74.5 cm³/mol. The molecule has 0 saturated heterocycles. The number of hydrogen-bond acceptors (Lipinski definition) is 2. The van der Waals surface area contributed by atoms with Gasteiger partial charge in [-0.1, -0.05) is 18.2 Å². The molecule has 1 aromatic heterocycles. The van der Waals surface area contributed by atoms with Crippen LogP contribution in [0.2, 0.25) is 0 Å². The number of rotatable bonds is 3. The van der Waals surface area contributed by atoms with Gasteiger partial charge < -0.3 is 5.73 Å². The van der Waals surface area contributed by atoms with Gasteiger partial charge in [0.15, 0.2) is 0 Å². The van der Waals surface area contributed by atoms with E-state index in [1.54, 1.807) is 0 Å². The number of aryl methyl sites for hydroxylation is 4. The highest BCUT2D eigenvalue weighted by Gasteiger charge is 2.12. The van der Waals surface area contributed by atoms with E-state index < -0.39 is 0 Å². The van der Waals surface area contributed by atoms with Crippen molar-refractivity contribution in [3.8, 4) is 0 Å². The van der Waals surface area contributed by atoms with Crippen molar-refractivity contribution in [2.75, 3.05) is 0 Å². The summed E-state index contributed by atoms with van der Waals surface area (Å²) < 4.78 is 1.88. The van der Waals surface area contributed by atoms with Crippen molar-refractivity contribution >= 4 is 0 Å². The van der Waals surface area contributed by atoms with E-state index in [9.17, 15) is 0 Å². The van der Waals surface area contributed by atoms with Crippen LogP contribution in [-0.4, -0.2) is 9.78 Å². The van der Waals surface area contributed by atoms with Crippen LogP contribution in [-0.2, 0) is 13.5 Å². The van der Waals surface area contributed by atoms with Crippen LogP contribution in [0.1, 0.15) is 34.1 Å². The van der Waals surface area contributed by atoms with Gasteiger partial charge in [-0.15, -0.1) is 0 Å². The Morgan fingerprint density at radius 3 is 2.44 bits per heavy atom. The second kappa shape index (κ2) is 4.94. The first-order chi connectivity index (χ1) is 8.47. The van der Waals surface area contributed by atoms with Gasteiger partial charge >= 0.3 is 0 Å². The lowest BCUT2D eigenvalue weighted by Gasteiger charge is -2.13. The molecule has 0 aliphatic carbocycles. The minimum absolute atomic E-state index is 0.00157. The summed E-state index contributed by atoms with van der Waals surface area (Å²) in [5.41, 5.74) is 12.3. The summed E-state index contributed by atoms with van der Waals surface area (Å²) in [6, 6.07) is 8.60. The summed E-state index contributed by atoms with van der Waals surface area (Å²) in [6.45, 7) is 6.26. The Balaban J connectivity index is 2.18. The molecule has 0 radical (unpaired) electrons. The molecule has 2 N–H and O–H groups in total. The van der Waals surface area contributed by atoms with Gasteiger partial charge in [-0.3, -0.25) is 4.68 Å². The number of hydrogen-bond donors (Lipinski definition) is 1. The minimum Gasteiger partial charge on any atom is -0.322 e.